The third-order valence-corrected chi connectivity index (χ3v) is 6.72. The molecule has 13 heteroatoms. The van der Waals surface area contributed by atoms with Crippen LogP contribution in [0.3, 0.4) is 0 Å². The van der Waals surface area contributed by atoms with Crippen molar-refractivity contribution in [2.24, 2.45) is 0 Å². The first-order valence-corrected chi connectivity index (χ1v) is 12.7. The fourth-order valence-corrected chi connectivity index (χ4v) is 4.67. The molecule has 40 heavy (non-hydrogen) atoms. The van der Waals surface area contributed by atoms with Gasteiger partial charge in [0.15, 0.2) is 0 Å². The number of carbonyl (C=O) groups is 4. The first kappa shape index (κ1) is 28.9. The number of cyclic esters (lactones) is 1. The lowest BCUT2D eigenvalue weighted by molar-refractivity contribution is -0.168. The second-order valence-corrected chi connectivity index (χ2v) is 9.66. The van der Waals surface area contributed by atoms with E-state index in [0.717, 1.165) is 17.7 Å². The van der Waals surface area contributed by atoms with Crippen molar-refractivity contribution in [2.75, 3.05) is 12.3 Å². The van der Waals surface area contributed by atoms with Crippen molar-refractivity contribution in [1.29, 1.82) is 0 Å². The molecule has 0 radical (unpaired) electrons. The third kappa shape index (κ3) is 6.71. The van der Waals surface area contributed by atoms with E-state index in [4.69, 9.17) is 15.2 Å². The maximum Gasteiger partial charge on any atom is 0.418 e. The van der Waals surface area contributed by atoms with E-state index in [9.17, 15) is 32.3 Å². The fraction of sp³-hybridized carbons (Fsp3) is 0.407. The summed E-state index contributed by atoms with van der Waals surface area (Å²) in [4.78, 5) is 52.1. The summed E-state index contributed by atoms with van der Waals surface area (Å²) in [5, 5.41) is 5.14. The smallest absolute Gasteiger partial charge is 0.418 e. The van der Waals surface area contributed by atoms with Gasteiger partial charge in [-0.15, -0.1) is 0 Å². The summed E-state index contributed by atoms with van der Waals surface area (Å²) in [5.41, 5.74) is 4.24. The molecule has 2 saturated heterocycles. The van der Waals surface area contributed by atoms with Crippen LogP contribution in [-0.4, -0.2) is 59.6 Å². The predicted octanol–water partition coefficient (Wildman–Crippen LogP) is 2.37. The maximum absolute atomic E-state index is 13.2. The Kier molecular flexibility index (Phi) is 8.62. The number of nitrogens with one attached hydrogen (secondary N) is 2. The zero-order chi connectivity index (χ0) is 29.0. The molecule has 2 aliphatic heterocycles. The average molecular weight is 563 g/mol. The standard InChI is InChI=1S/C27H29F3N4O6/c1-15(32-23(36)17-9-10-19(31)18(12-17)27(28,29)30)25(38)34-11-5-8-21(34)24(37)33-20-13-22(35)40-26(20)39-14-16-6-3-2-4-7-16/h2-4,6-7,9-10,12,15,20-21,26H,5,8,11,13-14,31H2,1H3,(H,32,36)(H,33,37)/t15-,20-,21-,26?/m0/s1. The van der Waals surface area contributed by atoms with E-state index >= 15 is 0 Å². The molecule has 0 saturated carbocycles. The number of hydrogen-bond acceptors (Lipinski definition) is 7. The Hall–Kier alpha value is -4.13. The number of hydrogen-bond donors (Lipinski definition) is 3. The minimum absolute atomic E-state index is 0.0974. The average Bonchev–Trinajstić information content (AvgIpc) is 3.53. The summed E-state index contributed by atoms with van der Waals surface area (Å²) < 4.78 is 50.4. The number of anilines is 1. The summed E-state index contributed by atoms with van der Waals surface area (Å²) in [5.74, 6) is -2.51. The summed E-state index contributed by atoms with van der Waals surface area (Å²) in [6, 6.07) is 9.17. The number of esters is 1. The Labute approximate surface area is 228 Å². The molecular weight excluding hydrogens is 533 g/mol. The van der Waals surface area contributed by atoms with Crippen molar-refractivity contribution in [3.05, 3.63) is 65.2 Å². The molecule has 1 unspecified atom stereocenters. The molecule has 0 spiro atoms. The Balaban J connectivity index is 1.36. The number of alkyl halides is 3. The van der Waals surface area contributed by atoms with Gasteiger partial charge in [-0.3, -0.25) is 19.2 Å². The molecule has 3 amide bonds. The molecule has 4 N–H and O–H groups in total. The molecule has 2 aromatic rings. The van der Waals surface area contributed by atoms with Crippen molar-refractivity contribution >= 4 is 29.4 Å². The van der Waals surface area contributed by atoms with Crippen molar-refractivity contribution < 1.29 is 41.8 Å². The van der Waals surface area contributed by atoms with E-state index in [-0.39, 0.29) is 25.1 Å². The summed E-state index contributed by atoms with van der Waals surface area (Å²) >= 11 is 0. The number of amides is 3. The van der Waals surface area contributed by atoms with E-state index in [1.807, 2.05) is 30.3 Å². The summed E-state index contributed by atoms with van der Waals surface area (Å²) in [7, 11) is 0. The largest absolute Gasteiger partial charge is 0.433 e. The molecule has 0 aromatic heterocycles. The van der Waals surface area contributed by atoms with Gasteiger partial charge in [0.1, 0.15) is 18.1 Å². The van der Waals surface area contributed by atoms with Crippen LogP contribution in [0.1, 0.15) is 47.7 Å². The topological polar surface area (TPSA) is 140 Å². The molecule has 2 fully saturated rings. The Bertz CT molecular complexity index is 1270. The highest BCUT2D eigenvalue weighted by atomic mass is 19.4. The minimum Gasteiger partial charge on any atom is -0.433 e. The van der Waals surface area contributed by atoms with Crippen LogP contribution in [0, 0.1) is 0 Å². The van der Waals surface area contributed by atoms with Crippen LogP contribution in [0.5, 0.6) is 0 Å². The van der Waals surface area contributed by atoms with Gasteiger partial charge in [0, 0.05) is 17.8 Å². The number of nitrogens with two attached hydrogens (primary N) is 1. The minimum atomic E-state index is -4.75. The molecule has 4 atom stereocenters. The van der Waals surface area contributed by atoms with Crippen LogP contribution in [0.15, 0.2) is 48.5 Å². The summed E-state index contributed by atoms with van der Waals surface area (Å²) in [6.07, 6.45) is -4.98. The number of ether oxygens (including phenoxy) is 2. The Morgan fingerprint density at radius 1 is 1.18 bits per heavy atom. The molecule has 0 aliphatic carbocycles. The number of halogens is 3. The number of rotatable bonds is 8. The van der Waals surface area contributed by atoms with Gasteiger partial charge in [-0.05, 0) is 43.5 Å². The van der Waals surface area contributed by atoms with Crippen molar-refractivity contribution in [1.82, 2.24) is 15.5 Å². The second-order valence-electron chi connectivity index (χ2n) is 9.66. The van der Waals surface area contributed by atoms with Gasteiger partial charge < -0.3 is 30.7 Å². The highest BCUT2D eigenvalue weighted by Gasteiger charge is 2.41. The van der Waals surface area contributed by atoms with Gasteiger partial charge in [0.25, 0.3) is 5.91 Å². The Morgan fingerprint density at radius 3 is 2.60 bits per heavy atom. The predicted molar refractivity (Wildman–Crippen MR) is 135 cm³/mol. The highest BCUT2D eigenvalue weighted by molar-refractivity contribution is 5.99. The zero-order valence-electron chi connectivity index (χ0n) is 21.6. The van der Waals surface area contributed by atoms with Crippen molar-refractivity contribution in [2.45, 2.75) is 63.4 Å². The van der Waals surface area contributed by atoms with Crippen molar-refractivity contribution in [3.8, 4) is 0 Å². The first-order chi connectivity index (χ1) is 18.9. The van der Waals surface area contributed by atoms with Crippen LogP contribution in [-0.2, 0) is 36.6 Å². The SMILES string of the molecule is C[C@H](NC(=O)c1ccc(N)c(C(F)(F)F)c1)C(=O)N1CCC[C@H]1C(=O)N[C@H]1CC(=O)OC1OCc1ccccc1. The highest BCUT2D eigenvalue weighted by Crippen LogP contribution is 2.34. The van der Waals surface area contributed by atoms with E-state index in [1.165, 1.54) is 11.8 Å². The first-order valence-electron chi connectivity index (χ1n) is 12.7. The van der Waals surface area contributed by atoms with E-state index in [0.29, 0.717) is 18.9 Å². The van der Waals surface area contributed by atoms with E-state index in [1.54, 1.807) is 0 Å². The lowest BCUT2D eigenvalue weighted by Gasteiger charge is -2.28. The normalized spacial score (nSPS) is 21.6. The molecule has 2 aromatic carbocycles. The number of likely N-dealkylation sites (tertiary alicyclic amines) is 1. The van der Waals surface area contributed by atoms with Crippen LogP contribution in [0.25, 0.3) is 0 Å². The van der Waals surface area contributed by atoms with Gasteiger partial charge in [-0.2, -0.15) is 13.2 Å². The van der Waals surface area contributed by atoms with Gasteiger partial charge in [0.05, 0.1) is 18.6 Å². The lowest BCUT2D eigenvalue weighted by atomic mass is 10.1. The van der Waals surface area contributed by atoms with Gasteiger partial charge >= 0.3 is 12.1 Å². The number of carbonyl (C=O) groups excluding carboxylic acids is 4. The van der Waals surface area contributed by atoms with Crippen LogP contribution >= 0.6 is 0 Å². The third-order valence-electron chi connectivity index (χ3n) is 6.72. The quantitative estimate of drug-likeness (QED) is 0.332. The zero-order valence-corrected chi connectivity index (χ0v) is 21.6. The molecule has 10 nitrogen and oxygen atoms in total. The van der Waals surface area contributed by atoms with Gasteiger partial charge in [-0.25, -0.2) is 0 Å². The van der Waals surface area contributed by atoms with E-state index < -0.39 is 65.5 Å². The molecule has 4 rings (SSSR count). The number of nitrogens with zero attached hydrogens (tertiary/aromatic N) is 1. The maximum atomic E-state index is 13.2. The molecular formula is C27H29F3N4O6. The summed E-state index contributed by atoms with van der Waals surface area (Å²) in [6.45, 7) is 1.78. The molecule has 214 valence electrons. The fourth-order valence-electron chi connectivity index (χ4n) is 4.67. The van der Waals surface area contributed by atoms with Gasteiger partial charge in [0.2, 0.25) is 18.1 Å². The van der Waals surface area contributed by atoms with Crippen LogP contribution in [0.2, 0.25) is 0 Å². The second kappa shape index (κ2) is 11.9. The van der Waals surface area contributed by atoms with Crippen LogP contribution < -0.4 is 16.4 Å². The molecule has 2 heterocycles. The van der Waals surface area contributed by atoms with Crippen LogP contribution in [0.4, 0.5) is 18.9 Å². The Morgan fingerprint density at radius 2 is 1.90 bits per heavy atom. The van der Waals surface area contributed by atoms with Crippen molar-refractivity contribution in [3.63, 3.8) is 0 Å². The monoisotopic (exact) mass is 562 g/mol. The molecule has 0 bridgehead atoms. The van der Waals surface area contributed by atoms with Gasteiger partial charge in [-0.1, -0.05) is 30.3 Å². The molecule has 2 aliphatic rings. The lowest BCUT2D eigenvalue weighted by Crippen LogP contribution is -2.54. The number of nitrogen functional groups attached to an aromatic ring is 1. The number of benzene rings is 2. The van der Waals surface area contributed by atoms with E-state index in [2.05, 4.69) is 10.6 Å².